The van der Waals surface area contributed by atoms with Crippen molar-refractivity contribution in [2.24, 2.45) is 5.92 Å². The van der Waals surface area contributed by atoms with Crippen molar-refractivity contribution in [1.82, 2.24) is 0 Å². The highest BCUT2D eigenvalue weighted by atomic mass is 16.7. The van der Waals surface area contributed by atoms with E-state index in [0.717, 1.165) is 12.2 Å². The Morgan fingerprint density at radius 3 is 2.20 bits per heavy atom. The van der Waals surface area contributed by atoms with Gasteiger partial charge in [0.25, 0.3) is 0 Å². The molecule has 0 bridgehead atoms. The van der Waals surface area contributed by atoms with E-state index in [1.807, 2.05) is 26.0 Å². The van der Waals surface area contributed by atoms with Crippen LogP contribution in [-0.4, -0.2) is 12.9 Å². The summed E-state index contributed by atoms with van der Waals surface area (Å²) in [5.41, 5.74) is 2.58. The third-order valence-electron chi connectivity index (χ3n) is 3.38. The molecule has 0 aliphatic carbocycles. The summed E-state index contributed by atoms with van der Waals surface area (Å²) in [7, 11) is 0. The normalized spacial score (nSPS) is 14.1. The lowest BCUT2D eigenvalue weighted by molar-refractivity contribution is -0.0613. The number of benzene rings is 1. The zero-order valence-electron chi connectivity index (χ0n) is 13.5. The molecule has 2 heteroatoms. The van der Waals surface area contributed by atoms with Gasteiger partial charge in [-0.1, -0.05) is 31.6 Å². The van der Waals surface area contributed by atoms with Crippen molar-refractivity contribution in [2.75, 3.05) is 6.61 Å². The van der Waals surface area contributed by atoms with Crippen LogP contribution < -0.4 is 4.74 Å². The fraction of sp³-hybridized carbons (Fsp3) is 0.556. The van der Waals surface area contributed by atoms with Crippen LogP contribution in [0.1, 0.15) is 52.5 Å². The summed E-state index contributed by atoms with van der Waals surface area (Å²) in [6, 6.07) is 8.36. The second-order valence-corrected chi connectivity index (χ2v) is 5.72. The molecule has 0 radical (unpaired) electrons. The lowest BCUT2D eigenvalue weighted by Gasteiger charge is -2.22. The fourth-order valence-electron chi connectivity index (χ4n) is 2.37. The summed E-state index contributed by atoms with van der Waals surface area (Å²) >= 11 is 0. The lowest BCUT2D eigenvalue weighted by Crippen LogP contribution is -2.16. The summed E-state index contributed by atoms with van der Waals surface area (Å²) in [5, 5.41) is 0. The van der Waals surface area contributed by atoms with Gasteiger partial charge in [-0.25, -0.2) is 0 Å². The van der Waals surface area contributed by atoms with E-state index >= 15 is 0 Å². The molecule has 0 fully saturated rings. The average molecular weight is 276 g/mol. The minimum Gasteiger partial charge on any atom is -0.465 e. The van der Waals surface area contributed by atoms with Crippen molar-refractivity contribution in [3.63, 3.8) is 0 Å². The van der Waals surface area contributed by atoms with Crippen LogP contribution in [0.15, 0.2) is 36.4 Å². The highest BCUT2D eigenvalue weighted by molar-refractivity contribution is 5.30. The summed E-state index contributed by atoms with van der Waals surface area (Å²) < 4.78 is 11.1. The van der Waals surface area contributed by atoms with Crippen molar-refractivity contribution in [1.29, 1.82) is 0 Å². The summed E-state index contributed by atoms with van der Waals surface area (Å²) in [6.45, 7) is 15.2. The minimum atomic E-state index is -0.206. The first kappa shape index (κ1) is 16.8. The van der Waals surface area contributed by atoms with Gasteiger partial charge < -0.3 is 9.47 Å². The highest BCUT2D eigenvalue weighted by Crippen LogP contribution is 2.31. The van der Waals surface area contributed by atoms with Gasteiger partial charge in [0.15, 0.2) is 6.29 Å². The van der Waals surface area contributed by atoms with Gasteiger partial charge in [0.1, 0.15) is 5.75 Å². The minimum absolute atomic E-state index is 0.206. The standard InChI is InChI=1S/C18H28O2/c1-7-19-15(6)20-17-10-8-16(9-11-17)18(14(4)5)12-13(2)3/h8-11,14-15,18H,2,7,12H2,1,3-6H3. The van der Waals surface area contributed by atoms with E-state index in [9.17, 15) is 0 Å². The van der Waals surface area contributed by atoms with Crippen LogP contribution in [0.25, 0.3) is 0 Å². The molecule has 0 aromatic heterocycles. The van der Waals surface area contributed by atoms with E-state index in [-0.39, 0.29) is 6.29 Å². The molecule has 0 amide bonds. The molecule has 2 nitrogen and oxygen atoms in total. The molecular weight excluding hydrogens is 248 g/mol. The van der Waals surface area contributed by atoms with Crippen LogP contribution in [0, 0.1) is 5.92 Å². The van der Waals surface area contributed by atoms with E-state index in [0.29, 0.717) is 18.4 Å². The van der Waals surface area contributed by atoms with Crippen molar-refractivity contribution >= 4 is 0 Å². The Balaban J connectivity index is 2.75. The van der Waals surface area contributed by atoms with Crippen LogP contribution >= 0.6 is 0 Å². The molecule has 0 spiro atoms. The van der Waals surface area contributed by atoms with Crippen LogP contribution in [0.4, 0.5) is 0 Å². The number of allylic oxidation sites excluding steroid dienone is 1. The van der Waals surface area contributed by atoms with Crippen molar-refractivity contribution in [2.45, 2.75) is 53.2 Å². The maximum absolute atomic E-state index is 5.69. The first-order valence-corrected chi connectivity index (χ1v) is 7.46. The van der Waals surface area contributed by atoms with E-state index in [1.54, 1.807) is 0 Å². The molecule has 2 unspecified atom stereocenters. The molecule has 1 aromatic rings. The molecule has 0 saturated heterocycles. The van der Waals surface area contributed by atoms with E-state index in [4.69, 9.17) is 9.47 Å². The molecule has 0 saturated carbocycles. The lowest BCUT2D eigenvalue weighted by atomic mass is 9.84. The Kier molecular flexibility index (Phi) is 6.80. The van der Waals surface area contributed by atoms with Crippen LogP contribution in [-0.2, 0) is 4.74 Å². The largest absolute Gasteiger partial charge is 0.465 e. The van der Waals surface area contributed by atoms with E-state index in [1.165, 1.54) is 11.1 Å². The predicted molar refractivity (Wildman–Crippen MR) is 85.2 cm³/mol. The summed E-state index contributed by atoms with van der Waals surface area (Å²) in [6.07, 6.45) is 0.829. The number of hydrogen-bond donors (Lipinski definition) is 0. The van der Waals surface area contributed by atoms with Crippen LogP contribution in [0.3, 0.4) is 0 Å². The molecule has 0 N–H and O–H groups in total. The Hall–Kier alpha value is -1.28. The van der Waals surface area contributed by atoms with E-state index < -0.39 is 0 Å². The van der Waals surface area contributed by atoms with Crippen LogP contribution in [0.2, 0.25) is 0 Å². The van der Waals surface area contributed by atoms with Crippen LogP contribution in [0.5, 0.6) is 5.75 Å². The zero-order chi connectivity index (χ0) is 15.1. The highest BCUT2D eigenvalue weighted by Gasteiger charge is 2.16. The van der Waals surface area contributed by atoms with Crippen molar-refractivity contribution < 1.29 is 9.47 Å². The Morgan fingerprint density at radius 2 is 1.75 bits per heavy atom. The Labute approximate surface area is 123 Å². The molecule has 112 valence electrons. The maximum atomic E-state index is 5.69. The molecule has 1 rings (SSSR count). The van der Waals surface area contributed by atoms with Gasteiger partial charge in [0.05, 0.1) is 0 Å². The van der Waals surface area contributed by atoms with Gasteiger partial charge in [-0.05, 0) is 56.7 Å². The Morgan fingerprint density at radius 1 is 1.15 bits per heavy atom. The van der Waals surface area contributed by atoms with Gasteiger partial charge in [0, 0.05) is 6.61 Å². The maximum Gasteiger partial charge on any atom is 0.196 e. The second-order valence-electron chi connectivity index (χ2n) is 5.72. The monoisotopic (exact) mass is 276 g/mol. The first-order chi connectivity index (χ1) is 9.43. The first-order valence-electron chi connectivity index (χ1n) is 7.46. The molecule has 2 atom stereocenters. The zero-order valence-corrected chi connectivity index (χ0v) is 13.5. The molecule has 0 heterocycles. The van der Waals surface area contributed by atoms with Gasteiger partial charge in [0.2, 0.25) is 0 Å². The number of ether oxygens (including phenoxy) is 2. The summed E-state index contributed by atoms with van der Waals surface area (Å²) in [5.74, 6) is 1.97. The smallest absolute Gasteiger partial charge is 0.196 e. The molecule has 0 aliphatic heterocycles. The summed E-state index contributed by atoms with van der Waals surface area (Å²) in [4.78, 5) is 0. The van der Waals surface area contributed by atoms with Gasteiger partial charge in [-0.3, -0.25) is 0 Å². The molecule has 1 aromatic carbocycles. The van der Waals surface area contributed by atoms with Gasteiger partial charge >= 0.3 is 0 Å². The number of rotatable bonds is 8. The molecule has 0 aliphatic rings. The predicted octanol–water partition coefficient (Wildman–Crippen LogP) is 5.15. The topological polar surface area (TPSA) is 18.5 Å². The van der Waals surface area contributed by atoms with Crippen molar-refractivity contribution in [3.8, 4) is 5.75 Å². The average Bonchev–Trinajstić information content (AvgIpc) is 2.37. The number of hydrogen-bond acceptors (Lipinski definition) is 2. The Bertz CT molecular complexity index is 406. The molecular formula is C18H28O2. The van der Waals surface area contributed by atoms with Gasteiger partial charge in [-0.2, -0.15) is 0 Å². The SMILES string of the molecule is C=C(C)CC(c1ccc(OC(C)OCC)cc1)C(C)C. The fourth-order valence-corrected chi connectivity index (χ4v) is 2.37. The van der Waals surface area contributed by atoms with Gasteiger partial charge in [-0.15, -0.1) is 6.58 Å². The quantitative estimate of drug-likeness (QED) is 0.482. The van der Waals surface area contributed by atoms with E-state index in [2.05, 4.69) is 39.5 Å². The third-order valence-corrected chi connectivity index (χ3v) is 3.38. The van der Waals surface area contributed by atoms with Crippen molar-refractivity contribution in [3.05, 3.63) is 42.0 Å². The second kappa shape index (κ2) is 8.11. The molecule has 20 heavy (non-hydrogen) atoms. The third kappa shape index (κ3) is 5.38.